The number of fused-ring (bicyclic) bond motifs is 1. The Bertz CT molecular complexity index is 1210. The number of nitrogens with zero attached hydrogens (tertiary/aromatic N) is 4. The molecule has 1 aliphatic heterocycles. The molecule has 3 aromatic rings. The molecule has 0 fully saturated rings. The molecule has 0 radical (unpaired) electrons. The molecule has 1 amide bonds. The van der Waals surface area contributed by atoms with Crippen molar-refractivity contribution in [1.29, 1.82) is 0 Å². The average Bonchev–Trinajstić information content (AvgIpc) is 2.87. The Morgan fingerprint density at radius 1 is 1.12 bits per heavy atom. The van der Waals surface area contributed by atoms with Crippen molar-refractivity contribution in [3.05, 3.63) is 89.9 Å². The fourth-order valence-electron chi connectivity index (χ4n) is 3.99. The summed E-state index contributed by atoms with van der Waals surface area (Å²) >= 11 is 0. The van der Waals surface area contributed by atoms with Gasteiger partial charge in [0.1, 0.15) is 23.6 Å². The van der Waals surface area contributed by atoms with Crippen LogP contribution in [0.4, 0.5) is 5.82 Å². The molecule has 2 aromatic carbocycles. The summed E-state index contributed by atoms with van der Waals surface area (Å²) in [5, 5.41) is 3.17. The molecular weight excluding hydrogens is 426 g/mol. The number of aromatic nitrogens is 2. The van der Waals surface area contributed by atoms with E-state index >= 15 is 0 Å². The van der Waals surface area contributed by atoms with Gasteiger partial charge in [-0.2, -0.15) is 0 Å². The van der Waals surface area contributed by atoms with Crippen molar-refractivity contribution in [3.63, 3.8) is 0 Å². The molecule has 7 heteroatoms. The van der Waals surface area contributed by atoms with Crippen molar-refractivity contribution >= 4 is 17.4 Å². The first kappa shape index (κ1) is 23.2. The number of rotatable bonds is 8. The number of likely N-dealkylation sites (N-methyl/N-ethyl adjacent to an activating group) is 1. The molecule has 34 heavy (non-hydrogen) atoms. The molecule has 1 N–H and O–H groups in total. The quantitative estimate of drug-likeness (QED) is 0.506. The molecule has 0 bridgehead atoms. The SMILES string of the molecule is C=C(C)C(=O)N(C)CCC1Cc2ncnc(NC)c2C(c2ccc(Oc3ccccc3)cc2)=N1. The highest BCUT2D eigenvalue weighted by atomic mass is 16.5. The van der Waals surface area contributed by atoms with Gasteiger partial charge in [0.25, 0.3) is 0 Å². The Morgan fingerprint density at radius 2 is 1.82 bits per heavy atom. The lowest BCUT2D eigenvalue weighted by molar-refractivity contribution is -0.125. The maximum atomic E-state index is 12.2. The number of carbonyl (C=O) groups excluding carboxylic acids is 1. The monoisotopic (exact) mass is 455 g/mol. The average molecular weight is 456 g/mol. The van der Waals surface area contributed by atoms with Gasteiger partial charge < -0.3 is 15.0 Å². The lowest BCUT2D eigenvalue weighted by Gasteiger charge is -2.26. The molecule has 0 aliphatic carbocycles. The number of anilines is 1. The number of carbonyl (C=O) groups is 1. The van der Waals surface area contributed by atoms with E-state index in [0.29, 0.717) is 18.5 Å². The topological polar surface area (TPSA) is 79.7 Å². The molecule has 174 valence electrons. The Balaban J connectivity index is 1.61. The predicted octanol–water partition coefficient (Wildman–Crippen LogP) is 4.50. The van der Waals surface area contributed by atoms with Crippen LogP contribution in [0.2, 0.25) is 0 Å². The zero-order valence-corrected chi connectivity index (χ0v) is 19.8. The van der Waals surface area contributed by atoms with Crippen molar-refractivity contribution in [1.82, 2.24) is 14.9 Å². The minimum atomic E-state index is -0.0470. The summed E-state index contributed by atoms with van der Waals surface area (Å²) in [5.74, 6) is 2.24. The summed E-state index contributed by atoms with van der Waals surface area (Å²) in [6, 6.07) is 17.6. The third kappa shape index (κ3) is 5.14. The van der Waals surface area contributed by atoms with Gasteiger partial charge in [0.15, 0.2) is 0 Å². The van der Waals surface area contributed by atoms with E-state index in [9.17, 15) is 4.79 Å². The molecule has 1 aliphatic rings. The standard InChI is InChI=1S/C27H29N5O2/c1-18(2)27(33)32(4)15-14-20-16-23-24(26(28-3)30-17-29-23)25(31-20)19-10-12-22(13-11-19)34-21-8-6-5-7-9-21/h5-13,17,20H,1,14-16H2,2-4H3,(H,28,29,30). The smallest absolute Gasteiger partial charge is 0.248 e. The second kappa shape index (κ2) is 10.3. The second-order valence-electron chi connectivity index (χ2n) is 8.36. The van der Waals surface area contributed by atoms with Gasteiger partial charge >= 0.3 is 0 Å². The van der Waals surface area contributed by atoms with Crippen LogP contribution in [0.5, 0.6) is 11.5 Å². The number of aliphatic imine (C=N–C) groups is 1. The van der Waals surface area contributed by atoms with Crippen molar-refractivity contribution in [2.45, 2.75) is 25.8 Å². The lowest BCUT2D eigenvalue weighted by Crippen LogP contribution is -2.32. The molecule has 4 rings (SSSR count). The number of para-hydroxylation sites is 1. The van der Waals surface area contributed by atoms with Crippen LogP contribution in [-0.2, 0) is 11.2 Å². The Kier molecular flexibility index (Phi) is 7.01. The number of hydrogen-bond donors (Lipinski definition) is 1. The Hall–Kier alpha value is -4.00. The first-order valence-electron chi connectivity index (χ1n) is 11.3. The van der Waals surface area contributed by atoms with E-state index in [1.807, 2.05) is 61.6 Å². The first-order chi connectivity index (χ1) is 16.5. The van der Waals surface area contributed by atoms with Gasteiger partial charge in [-0.1, -0.05) is 24.8 Å². The zero-order chi connectivity index (χ0) is 24.1. The molecule has 2 heterocycles. The maximum Gasteiger partial charge on any atom is 0.248 e. The first-order valence-corrected chi connectivity index (χ1v) is 11.3. The molecular formula is C27H29N5O2. The third-order valence-electron chi connectivity index (χ3n) is 5.76. The molecule has 1 atom stereocenters. The van der Waals surface area contributed by atoms with Crippen LogP contribution in [0.25, 0.3) is 0 Å². The lowest BCUT2D eigenvalue weighted by atomic mass is 9.92. The van der Waals surface area contributed by atoms with Crippen LogP contribution < -0.4 is 10.1 Å². The van der Waals surface area contributed by atoms with Gasteiger partial charge in [-0.3, -0.25) is 9.79 Å². The minimum absolute atomic E-state index is 0.00252. The number of ether oxygens (including phenoxy) is 1. The predicted molar refractivity (Wildman–Crippen MR) is 135 cm³/mol. The summed E-state index contributed by atoms with van der Waals surface area (Å²) in [7, 11) is 3.65. The minimum Gasteiger partial charge on any atom is -0.457 e. The van der Waals surface area contributed by atoms with Gasteiger partial charge in [0.05, 0.1) is 23.0 Å². The highest BCUT2D eigenvalue weighted by Gasteiger charge is 2.27. The summed E-state index contributed by atoms with van der Waals surface area (Å²) in [6.07, 6.45) is 3.01. The number of hydrogen-bond acceptors (Lipinski definition) is 6. The molecule has 0 spiro atoms. The van der Waals surface area contributed by atoms with Gasteiger partial charge in [0, 0.05) is 38.2 Å². The van der Waals surface area contributed by atoms with Crippen LogP contribution in [0.15, 0.2) is 78.1 Å². The van der Waals surface area contributed by atoms with E-state index in [1.165, 1.54) is 0 Å². The largest absolute Gasteiger partial charge is 0.457 e. The van der Waals surface area contributed by atoms with E-state index in [1.54, 1.807) is 25.2 Å². The summed E-state index contributed by atoms with van der Waals surface area (Å²) in [6.45, 7) is 6.07. The molecule has 0 saturated carbocycles. The highest BCUT2D eigenvalue weighted by Crippen LogP contribution is 2.29. The van der Waals surface area contributed by atoms with Crippen LogP contribution in [-0.4, -0.2) is 53.2 Å². The van der Waals surface area contributed by atoms with Crippen LogP contribution >= 0.6 is 0 Å². The Morgan fingerprint density at radius 3 is 2.50 bits per heavy atom. The summed E-state index contributed by atoms with van der Waals surface area (Å²) in [4.78, 5) is 28.0. The summed E-state index contributed by atoms with van der Waals surface area (Å²) in [5.41, 5.74) is 4.21. The number of amides is 1. The normalized spacial score (nSPS) is 14.6. The van der Waals surface area contributed by atoms with Crippen LogP contribution in [0.3, 0.4) is 0 Å². The maximum absolute atomic E-state index is 12.2. The number of benzene rings is 2. The van der Waals surface area contributed by atoms with E-state index in [0.717, 1.165) is 46.3 Å². The van der Waals surface area contributed by atoms with Gasteiger partial charge in [-0.05, 0) is 49.7 Å². The molecule has 0 saturated heterocycles. The van der Waals surface area contributed by atoms with Crippen molar-refractivity contribution in [2.24, 2.45) is 4.99 Å². The van der Waals surface area contributed by atoms with E-state index in [4.69, 9.17) is 9.73 Å². The molecule has 1 aromatic heterocycles. The summed E-state index contributed by atoms with van der Waals surface area (Å²) < 4.78 is 5.94. The van der Waals surface area contributed by atoms with E-state index < -0.39 is 0 Å². The van der Waals surface area contributed by atoms with Gasteiger partial charge in [-0.15, -0.1) is 0 Å². The molecule has 1 unspecified atom stereocenters. The molecule has 7 nitrogen and oxygen atoms in total. The van der Waals surface area contributed by atoms with Crippen molar-refractivity contribution in [2.75, 3.05) is 26.0 Å². The van der Waals surface area contributed by atoms with Crippen LogP contribution in [0, 0.1) is 0 Å². The fourth-order valence-corrected chi connectivity index (χ4v) is 3.99. The second-order valence-corrected chi connectivity index (χ2v) is 8.36. The highest BCUT2D eigenvalue weighted by molar-refractivity contribution is 6.16. The third-order valence-corrected chi connectivity index (χ3v) is 5.76. The van der Waals surface area contributed by atoms with E-state index in [-0.39, 0.29) is 11.9 Å². The van der Waals surface area contributed by atoms with Gasteiger partial charge in [-0.25, -0.2) is 9.97 Å². The van der Waals surface area contributed by atoms with Crippen molar-refractivity contribution < 1.29 is 9.53 Å². The van der Waals surface area contributed by atoms with Crippen molar-refractivity contribution in [3.8, 4) is 11.5 Å². The van der Waals surface area contributed by atoms with Crippen LogP contribution in [0.1, 0.15) is 30.2 Å². The number of nitrogens with one attached hydrogen (secondary N) is 1. The Labute approximate surface area is 200 Å². The zero-order valence-electron chi connectivity index (χ0n) is 19.8. The van der Waals surface area contributed by atoms with E-state index in [2.05, 4.69) is 21.9 Å². The fraction of sp³-hybridized carbons (Fsp3) is 0.259. The van der Waals surface area contributed by atoms with Gasteiger partial charge in [0.2, 0.25) is 5.91 Å².